The number of carbonyl (C=O) groups is 2. The van der Waals surface area contributed by atoms with Gasteiger partial charge in [0.15, 0.2) is 5.78 Å². The van der Waals surface area contributed by atoms with E-state index in [0.717, 1.165) is 64.3 Å². The minimum atomic E-state index is -0.0159. The van der Waals surface area contributed by atoms with E-state index in [1.165, 1.54) is 0 Å². The standard InChI is InChI=1S/C23H33N3O4/c27-22(18-4-2-1-3-5-18)19-6-9-26(10-7-19)23(28)24-16-21(20-8-13-30-17-20)25-11-14-29-15-12-25/h1-5,19-21H,6-17H2,(H,24,28)/t20-,21-/m1/s1. The second-order valence-electron chi connectivity index (χ2n) is 8.52. The molecule has 1 N–H and O–H groups in total. The third kappa shape index (κ3) is 5.20. The monoisotopic (exact) mass is 415 g/mol. The number of Topliss-reactive ketones (excluding diaryl/α,β-unsaturated/α-hetero) is 1. The number of ether oxygens (including phenoxy) is 2. The van der Waals surface area contributed by atoms with Gasteiger partial charge in [0, 0.05) is 62.8 Å². The molecule has 7 nitrogen and oxygen atoms in total. The maximum atomic E-state index is 12.8. The van der Waals surface area contributed by atoms with E-state index >= 15 is 0 Å². The SMILES string of the molecule is O=C(c1ccccc1)C1CCN(C(=O)NC[C@H]([C@@H]2CCOC2)N2CCOCC2)CC1. The molecule has 0 bridgehead atoms. The highest BCUT2D eigenvalue weighted by molar-refractivity contribution is 5.97. The molecular weight excluding hydrogens is 382 g/mol. The first-order valence-electron chi connectivity index (χ1n) is 11.2. The lowest BCUT2D eigenvalue weighted by Gasteiger charge is -2.38. The average molecular weight is 416 g/mol. The van der Waals surface area contributed by atoms with E-state index < -0.39 is 0 Å². The van der Waals surface area contributed by atoms with Crippen LogP contribution in [0.5, 0.6) is 0 Å². The Morgan fingerprint density at radius 1 is 0.967 bits per heavy atom. The molecule has 1 aromatic carbocycles. The molecule has 3 fully saturated rings. The van der Waals surface area contributed by atoms with Crippen LogP contribution in [0.15, 0.2) is 30.3 Å². The lowest BCUT2D eigenvalue weighted by molar-refractivity contribution is 0.00179. The van der Waals surface area contributed by atoms with E-state index in [-0.39, 0.29) is 23.8 Å². The molecule has 30 heavy (non-hydrogen) atoms. The van der Waals surface area contributed by atoms with Gasteiger partial charge in [0.1, 0.15) is 0 Å². The highest BCUT2D eigenvalue weighted by Gasteiger charge is 2.33. The fraction of sp³-hybridized carbons (Fsp3) is 0.652. The van der Waals surface area contributed by atoms with Gasteiger partial charge in [0.05, 0.1) is 19.8 Å². The average Bonchev–Trinajstić information content (AvgIpc) is 3.35. The molecule has 0 unspecified atom stereocenters. The zero-order valence-electron chi connectivity index (χ0n) is 17.6. The zero-order valence-corrected chi connectivity index (χ0v) is 17.6. The van der Waals surface area contributed by atoms with Crippen molar-refractivity contribution in [3.8, 4) is 0 Å². The summed E-state index contributed by atoms with van der Waals surface area (Å²) >= 11 is 0. The Kier molecular flexibility index (Phi) is 7.36. The van der Waals surface area contributed by atoms with Crippen LogP contribution in [0, 0.1) is 11.8 Å². The summed E-state index contributed by atoms with van der Waals surface area (Å²) in [5.41, 5.74) is 0.771. The third-order valence-electron chi connectivity index (χ3n) is 6.70. The Balaban J connectivity index is 1.27. The summed E-state index contributed by atoms with van der Waals surface area (Å²) in [5.74, 6) is 0.662. The van der Waals surface area contributed by atoms with Crippen LogP contribution >= 0.6 is 0 Å². The summed E-state index contributed by atoms with van der Waals surface area (Å²) in [6, 6.07) is 9.74. The molecule has 0 radical (unpaired) electrons. The predicted octanol–water partition coefficient (Wildman–Crippen LogP) is 2.03. The highest BCUT2D eigenvalue weighted by Crippen LogP contribution is 2.23. The van der Waals surface area contributed by atoms with Crippen molar-refractivity contribution in [3.05, 3.63) is 35.9 Å². The molecule has 0 saturated carbocycles. The van der Waals surface area contributed by atoms with Crippen molar-refractivity contribution >= 4 is 11.8 Å². The summed E-state index contributed by atoms with van der Waals surface area (Å²) < 4.78 is 11.1. The fourth-order valence-electron chi connectivity index (χ4n) is 4.85. The van der Waals surface area contributed by atoms with E-state index in [1.807, 2.05) is 35.2 Å². The van der Waals surface area contributed by atoms with Crippen molar-refractivity contribution in [2.24, 2.45) is 11.8 Å². The van der Waals surface area contributed by atoms with Crippen molar-refractivity contribution in [3.63, 3.8) is 0 Å². The van der Waals surface area contributed by atoms with Crippen LogP contribution in [0.3, 0.4) is 0 Å². The van der Waals surface area contributed by atoms with Crippen molar-refractivity contribution in [2.45, 2.75) is 25.3 Å². The van der Waals surface area contributed by atoms with Crippen molar-refractivity contribution in [2.75, 3.05) is 59.2 Å². The van der Waals surface area contributed by atoms with Gasteiger partial charge in [-0.15, -0.1) is 0 Å². The van der Waals surface area contributed by atoms with Gasteiger partial charge in [-0.2, -0.15) is 0 Å². The van der Waals surface area contributed by atoms with Gasteiger partial charge in [-0.3, -0.25) is 9.69 Å². The number of benzene rings is 1. The first-order chi connectivity index (χ1) is 14.7. The number of nitrogens with zero attached hydrogens (tertiary/aromatic N) is 2. The number of carbonyl (C=O) groups excluding carboxylic acids is 2. The molecule has 0 aromatic heterocycles. The third-order valence-corrected chi connectivity index (χ3v) is 6.70. The van der Waals surface area contributed by atoms with Crippen LogP contribution in [0.2, 0.25) is 0 Å². The number of nitrogens with one attached hydrogen (secondary N) is 1. The largest absolute Gasteiger partial charge is 0.381 e. The van der Waals surface area contributed by atoms with Gasteiger partial charge in [-0.1, -0.05) is 30.3 Å². The van der Waals surface area contributed by atoms with Crippen LogP contribution in [0.25, 0.3) is 0 Å². The molecule has 7 heteroatoms. The van der Waals surface area contributed by atoms with E-state index in [2.05, 4.69) is 10.2 Å². The van der Waals surface area contributed by atoms with Gasteiger partial charge in [0.2, 0.25) is 0 Å². The van der Waals surface area contributed by atoms with Crippen molar-refractivity contribution in [1.82, 2.24) is 15.1 Å². The number of rotatable bonds is 6. The molecule has 1 aromatic rings. The Labute approximate surface area is 178 Å². The number of ketones is 1. The molecule has 0 aliphatic carbocycles. The van der Waals surface area contributed by atoms with E-state index in [0.29, 0.717) is 25.6 Å². The van der Waals surface area contributed by atoms with Crippen LogP contribution < -0.4 is 5.32 Å². The van der Waals surface area contributed by atoms with E-state index in [1.54, 1.807) is 0 Å². The summed E-state index contributed by atoms with van der Waals surface area (Å²) in [6.07, 6.45) is 2.50. The summed E-state index contributed by atoms with van der Waals surface area (Å²) in [4.78, 5) is 29.8. The Morgan fingerprint density at radius 2 is 1.70 bits per heavy atom. The molecule has 3 aliphatic rings. The molecule has 4 rings (SSSR count). The summed E-state index contributed by atoms with van der Waals surface area (Å²) in [7, 11) is 0. The number of hydrogen-bond donors (Lipinski definition) is 1. The van der Waals surface area contributed by atoms with Crippen molar-refractivity contribution < 1.29 is 19.1 Å². The molecule has 2 amide bonds. The zero-order chi connectivity index (χ0) is 20.8. The van der Waals surface area contributed by atoms with Crippen LogP contribution in [0.4, 0.5) is 4.79 Å². The number of hydrogen-bond acceptors (Lipinski definition) is 5. The van der Waals surface area contributed by atoms with Crippen LogP contribution in [-0.4, -0.2) is 86.8 Å². The maximum absolute atomic E-state index is 12.8. The Hall–Kier alpha value is -1.96. The van der Waals surface area contributed by atoms with Crippen LogP contribution in [-0.2, 0) is 9.47 Å². The predicted molar refractivity (Wildman–Crippen MR) is 114 cm³/mol. The molecule has 3 heterocycles. The quantitative estimate of drug-likeness (QED) is 0.720. The van der Waals surface area contributed by atoms with Gasteiger partial charge in [-0.25, -0.2) is 4.79 Å². The number of morpholine rings is 1. The first kappa shape index (κ1) is 21.3. The molecule has 0 spiro atoms. The number of piperidine rings is 1. The second kappa shape index (κ2) is 10.4. The summed E-state index contributed by atoms with van der Waals surface area (Å²) in [6.45, 7) is 6.78. The topological polar surface area (TPSA) is 71.1 Å². The van der Waals surface area contributed by atoms with Crippen molar-refractivity contribution in [1.29, 1.82) is 0 Å². The van der Waals surface area contributed by atoms with Crippen LogP contribution in [0.1, 0.15) is 29.6 Å². The molecule has 3 aliphatic heterocycles. The lowest BCUT2D eigenvalue weighted by atomic mass is 9.89. The number of likely N-dealkylation sites (tertiary alicyclic amines) is 1. The number of urea groups is 1. The molecular formula is C23H33N3O4. The molecule has 2 atom stereocenters. The Bertz CT molecular complexity index is 694. The highest BCUT2D eigenvalue weighted by atomic mass is 16.5. The molecule has 164 valence electrons. The van der Waals surface area contributed by atoms with Gasteiger partial charge < -0.3 is 19.7 Å². The van der Waals surface area contributed by atoms with E-state index in [9.17, 15) is 9.59 Å². The minimum Gasteiger partial charge on any atom is -0.381 e. The molecule has 3 saturated heterocycles. The van der Waals surface area contributed by atoms with Gasteiger partial charge in [0.25, 0.3) is 0 Å². The smallest absolute Gasteiger partial charge is 0.317 e. The second-order valence-corrected chi connectivity index (χ2v) is 8.52. The maximum Gasteiger partial charge on any atom is 0.317 e. The van der Waals surface area contributed by atoms with Gasteiger partial charge in [-0.05, 0) is 19.3 Å². The first-order valence-corrected chi connectivity index (χ1v) is 11.2. The summed E-state index contributed by atoms with van der Waals surface area (Å²) in [5, 5.41) is 3.17. The van der Waals surface area contributed by atoms with Gasteiger partial charge >= 0.3 is 6.03 Å². The fourth-order valence-corrected chi connectivity index (χ4v) is 4.85. The number of amides is 2. The van der Waals surface area contributed by atoms with E-state index in [4.69, 9.17) is 9.47 Å². The lowest BCUT2D eigenvalue weighted by Crippen LogP contribution is -2.54. The Morgan fingerprint density at radius 3 is 2.37 bits per heavy atom. The normalized spacial score (nSPS) is 24.5. The minimum absolute atomic E-state index is 0.00758.